The predicted molar refractivity (Wildman–Crippen MR) is 72.1 cm³/mol. The van der Waals surface area contributed by atoms with Gasteiger partial charge in [-0.05, 0) is 24.8 Å². The Morgan fingerprint density at radius 1 is 1.56 bits per heavy atom. The number of hydrogen-bond donors (Lipinski definition) is 1. The molecule has 96 valence electrons. The third-order valence-electron chi connectivity index (χ3n) is 2.94. The van der Waals surface area contributed by atoms with Crippen LogP contribution in [0.2, 0.25) is 0 Å². The van der Waals surface area contributed by atoms with E-state index in [1.165, 1.54) is 17.7 Å². The van der Waals surface area contributed by atoms with Crippen molar-refractivity contribution in [2.45, 2.75) is 26.3 Å². The molecule has 0 fully saturated rings. The normalized spacial score (nSPS) is 12.6. The largest absolute Gasteiger partial charge is 0.480 e. The summed E-state index contributed by atoms with van der Waals surface area (Å²) in [5.41, 5.74) is 0. The number of fused-ring (bicyclic) bond motifs is 1. The Morgan fingerprint density at radius 3 is 3.00 bits per heavy atom. The molecular weight excluding hydrogens is 250 g/mol. The molecule has 2 rings (SSSR count). The first kappa shape index (κ1) is 12.8. The lowest BCUT2D eigenvalue weighted by Crippen LogP contribution is -2.37. The fourth-order valence-corrected chi connectivity index (χ4v) is 2.54. The summed E-state index contributed by atoms with van der Waals surface area (Å²) in [6.07, 6.45) is 2.36. The van der Waals surface area contributed by atoms with Crippen LogP contribution >= 0.6 is 11.3 Å². The fourth-order valence-electron chi connectivity index (χ4n) is 1.81. The Hall–Kier alpha value is -1.69. The molecule has 2 aromatic heterocycles. The minimum Gasteiger partial charge on any atom is -0.480 e. The van der Waals surface area contributed by atoms with Gasteiger partial charge in [0.25, 0.3) is 0 Å². The molecule has 1 N–H and O–H groups in total. The van der Waals surface area contributed by atoms with Gasteiger partial charge in [0.05, 0.1) is 5.39 Å². The van der Waals surface area contributed by atoms with Crippen LogP contribution in [0.3, 0.4) is 0 Å². The molecule has 0 bridgehead atoms. The zero-order valence-corrected chi connectivity index (χ0v) is 11.1. The van der Waals surface area contributed by atoms with Crippen molar-refractivity contribution < 1.29 is 9.90 Å². The number of hydrogen-bond acceptors (Lipinski definition) is 5. The zero-order valence-electron chi connectivity index (χ0n) is 10.3. The number of aliphatic carboxylic acids is 1. The summed E-state index contributed by atoms with van der Waals surface area (Å²) in [7, 11) is 0. The predicted octanol–water partition coefficient (Wildman–Crippen LogP) is 2.38. The summed E-state index contributed by atoms with van der Waals surface area (Å²) < 4.78 is 0. The number of carbonyl (C=O) groups is 1. The molecule has 6 heteroatoms. The van der Waals surface area contributed by atoms with E-state index in [0.29, 0.717) is 5.82 Å². The van der Waals surface area contributed by atoms with Gasteiger partial charge in [0.2, 0.25) is 0 Å². The number of anilines is 1. The van der Waals surface area contributed by atoms with Crippen LogP contribution in [-0.2, 0) is 4.79 Å². The van der Waals surface area contributed by atoms with Gasteiger partial charge in [-0.25, -0.2) is 9.97 Å². The van der Waals surface area contributed by atoms with Crippen LogP contribution in [0.4, 0.5) is 5.82 Å². The molecule has 18 heavy (non-hydrogen) atoms. The van der Waals surface area contributed by atoms with E-state index in [0.717, 1.165) is 16.6 Å². The lowest BCUT2D eigenvalue weighted by Gasteiger charge is -2.28. The molecular formula is C12H15N3O2S. The van der Waals surface area contributed by atoms with E-state index in [9.17, 15) is 4.79 Å². The molecule has 0 spiro atoms. The van der Waals surface area contributed by atoms with Gasteiger partial charge in [-0.2, -0.15) is 0 Å². The van der Waals surface area contributed by atoms with Crippen molar-refractivity contribution in [3.05, 3.63) is 17.8 Å². The minimum absolute atomic E-state index is 0.0447. The molecule has 5 nitrogen and oxygen atoms in total. The van der Waals surface area contributed by atoms with Crippen LogP contribution in [0.5, 0.6) is 0 Å². The van der Waals surface area contributed by atoms with Gasteiger partial charge in [0.15, 0.2) is 0 Å². The zero-order chi connectivity index (χ0) is 13.1. The molecule has 0 amide bonds. The number of carboxylic acid groups (broad SMARTS) is 1. The Labute approximate surface area is 109 Å². The van der Waals surface area contributed by atoms with E-state index in [4.69, 9.17) is 5.11 Å². The molecule has 1 atom stereocenters. The van der Waals surface area contributed by atoms with Gasteiger partial charge in [0, 0.05) is 6.04 Å². The van der Waals surface area contributed by atoms with Gasteiger partial charge in [0.1, 0.15) is 23.5 Å². The SMILES string of the molecule is CCC(C)N(CC(=O)O)c1ncnc2sccc12. The highest BCUT2D eigenvalue weighted by molar-refractivity contribution is 7.16. The lowest BCUT2D eigenvalue weighted by molar-refractivity contribution is -0.135. The number of nitrogens with zero attached hydrogens (tertiary/aromatic N) is 3. The highest BCUT2D eigenvalue weighted by Gasteiger charge is 2.20. The fraction of sp³-hybridized carbons (Fsp3) is 0.417. The molecule has 0 aromatic carbocycles. The maximum atomic E-state index is 11.0. The molecule has 0 aliphatic rings. The van der Waals surface area contributed by atoms with Crippen LogP contribution in [0, 0.1) is 0 Å². The monoisotopic (exact) mass is 265 g/mol. The molecule has 0 aliphatic heterocycles. The average Bonchev–Trinajstić information content (AvgIpc) is 2.83. The van der Waals surface area contributed by atoms with Crippen LogP contribution in [0.25, 0.3) is 10.2 Å². The summed E-state index contributed by atoms with van der Waals surface area (Å²) in [6, 6.07) is 2.06. The van der Waals surface area contributed by atoms with Crippen LogP contribution in [0.1, 0.15) is 20.3 Å². The average molecular weight is 265 g/mol. The van der Waals surface area contributed by atoms with E-state index in [1.54, 1.807) is 0 Å². The second kappa shape index (κ2) is 5.30. The molecule has 1 unspecified atom stereocenters. The van der Waals surface area contributed by atoms with Crippen LogP contribution in [0.15, 0.2) is 17.8 Å². The highest BCUT2D eigenvalue weighted by Crippen LogP contribution is 2.28. The first-order valence-corrected chi connectivity index (χ1v) is 6.68. The minimum atomic E-state index is -0.850. The lowest BCUT2D eigenvalue weighted by atomic mass is 10.2. The maximum absolute atomic E-state index is 11.0. The quantitative estimate of drug-likeness (QED) is 0.899. The number of thiophene rings is 1. The molecule has 0 saturated carbocycles. The summed E-state index contributed by atoms with van der Waals surface area (Å²) in [5, 5.41) is 11.9. The standard InChI is InChI=1S/C12H15N3O2S/c1-3-8(2)15(6-10(16)17)11-9-4-5-18-12(9)14-7-13-11/h4-5,7-8H,3,6H2,1-2H3,(H,16,17). The summed E-state index contributed by atoms with van der Waals surface area (Å²) in [4.78, 5) is 22.1. The van der Waals surface area contributed by atoms with Crippen LogP contribution in [-0.4, -0.2) is 33.6 Å². The van der Waals surface area contributed by atoms with Crippen molar-refractivity contribution in [3.8, 4) is 0 Å². The Kier molecular flexibility index (Phi) is 3.76. The summed E-state index contributed by atoms with van der Waals surface area (Å²) in [5.74, 6) is -0.143. The smallest absolute Gasteiger partial charge is 0.323 e. The van der Waals surface area contributed by atoms with Gasteiger partial charge < -0.3 is 10.0 Å². The molecule has 0 saturated heterocycles. The summed E-state index contributed by atoms with van der Waals surface area (Å²) in [6.45, 7) is 3.99. The summed E-state index contributed by atoms with van der Waals surface area (Å²) >= 11 is 1.53. The Morgan fingerprint density at radius 2 is 2.33 bits per heavy atom. The van der Waals surface area contributed by atoms with Crippen molar-refractivity contribution in [1.82, 2.24) is 9.97 Å². The van der Waals surface area contributed by atoms with Gasteiger partial charge in [-0.1, -0.05) is 6.92 Å². The van der Waals surface area contributed by atoms with Crippen molar-refractivity contribution in [2.75, 3.05) is 11.4 Å². The second-order valence-electron chi connectivity index (χ2n) is 4.12. The Balaban J connectivity index is 2.46. The highest BCUT2D eigenvalue weighted by atomic mass is 32.1. The van der Waals surface area contributed by atoms with Crippen molar-refractivity contribution in [2.24, 2.45) is 0 Å². The van der Waals surface area contributed by atoms with Crippen LogP contribution < -0.4 is 4.90 Å². The van der Waals surface area contributed by atoms with Crippen molar-refractivity contribution >= 4 is 33.3 Å². The Bertz CT molecular complexity index is 555. The third-order valence-corrected chi connectivity index (χ3v) is 3.76. The molecule has 2 heterocycles. The van der Waals surface area contributed by atoms with E-state index in [-0.39, 0.29) is 12.6 Å². The van der Waals surface area contributed by atoms with Crippen molar-refractivity contribution in [1.29, 1.82) is 0 Å². The first-order valence-electron chi connectivity index (χ1n) is 5.80. The topological polar surface area (TPSA) is 66.3 Å². The molecule has 2 aromatic rings. The number of aromatic nitrogens is 2. The van der Waals surface area contributed by atoms with Gasteiger partial charge in [-0.3, -0.25) is 4.79 Å². The number of rotatable bonds is 5. The van der Waals surface area contributed by atoms with Crippen molar-refractivity contribution in [3.63, 3.8) is 0 Å². The number of carboxylic acids is 1. The van der Waals surface area contributed by atoms with E-state index < -0.39 is 5.97 Å². The second-order valence-corrected chi connectivity index (χ2v) is 5.01. The van der Waals surface area contributed by atoms with E-state index >= 15 is 0 Å². The van der Waals surface area contributed by atoms with Gasteiger partial charge >= 0.3 is 5.97 Å². The van der Waals surface area contributed by atoms with Gasteiger partial charge in [-0.15, -0.1) is 11.3 Å². The molecule has 0 aliphatic carbocycles. The van der Waals surface area contributed by atoms with E-state index in [1.807, 2.05) is 30.2 Å². The third kappa shape index (κ3) is 2.43. The first-order chi connectivity index (χ1) is 8.63. The molecule has 0 radical (unpaired) electrons. The maximum Gasteiger partial charge on any atom is 0.323 e. The van der Waals surface area contributed by atoms with E-state index in [2.05, 4.69) is 9.97 Å².